The van der Waals surface area contributed by atoms with E-state index >= 15 is 0 Å². The van der Waals surface area contributed by atoms with E-state index in [4.69, 9.17) is 9.72 Å². The number of hydrogen-bond acceptors (Lipinski definition) is 3. The van der Waals surface area contributed by atoms with Gasteiger partial charge >= 0.3 is 0 Å². The molecule has 0 bridgehead atoms. The minimum Gasteiger partial charge on any atom is -0.370 e. The molecular formula is C15H22N2O2. The van der Waals surface area contributed by atoms with E-state index in [1.54, 1.807) is 7.11 Å². The van der Waals surface area contributed by atoms with Gasteiger partial charge in [0.1, 0.15) is 11.4 Å². The molecule has 1 N–H and O–H groups in total. The number of methoxy groups -OCH3 is 1. The highest BCUT2D eigenvalue weighted by Gasteiger charge is 2.36. The number of ether oxygens (including phenoxy) is 1. The molecule has 1 fully saturated rings. The number of nitrogens with one attached hydrogen (secondary N) is 1. The Morgan fingerprint density at radius 3 is 2.53 bits per heavy atom. The Labute approximate surface area is 113 Å². The average molecular weight is 262 g/mol. The Balaban J connectivity index is 2.04. The maximum atomic E-state index is 12.2. The molecule has 3 rings (SSSR count). The van der Waals surface area contributed by atoms with Crippen molar-refractivity contribution in [1.82, 2.24) is 9.97 Å². The first-order chi connectivity index (χ1) is 9.25. The molecule has 4 nitrogen and oxygen atoms in total. The number of aromatic nitrogens is 2. The van der Waals surface area contributed by atoms with Crippen molar-refractivity contribution in [1.29, 1.82) is 0 Å². The first-order valence-corrected chi connectivity index (χ1v) is 7.43. The molecule has 0 aliphatic heterocycles. The third-order valence-electron chi connectivity index (χ3n) is 4.68. The normalized spacial score (nSPS) is 21.9. The minimum absolute atomic E-state index is 0.0539. The molecule has 0 atom stereocenters. The Morgan fingerprint density at radius 1 is 1.11 bits per heavy atom. The lowest BCUT2D eigenvalue weighted by molar-refractivity contribution is -0.0355. The van der Waals surface area contributed by atoms with Crippen molar-refractivity contribution >= 4 is 0 Å². The van der Waals surface area contributed by atoms with Gasteiger partial charge in [0.05, 0.1) is 5.69 Å². The van der Waals surface area contributed by atoms with Gasteiger partial charge in [-0.1, -0.05) is 25.7 Å². The molecule has 2 aliphatic rings. The van der Waals surface area contributed by atoms with Crippen molar-refractivity contribution in [2.24, 2.45) is 0 Å². The van der Waals surface area contributed by atoms with Crippen LogP contribution < -0.4 is 5.56 Å². The van der Waals surface area contributed by atoms with Gasteiger partial charge in [0.2, 0.25) is 0 Å². The quantitative estimate of drug-likeness (QED) is 0.833. The fraction of sp³-hybridized carbons (Fsp3) is 0.733. The van der Waals surface area contributed by atoms with Gasteiger partial charge < -0.3 is 9.72 Å². The van der Waals surface area contributed by atoms with Crippen molar-refractivity contribution in [3.63, 3.8) is 0 Å². The van der Waals surface area contributed by atoms with Gasteiger partial charge in [0.15, 0.2) is 0 Å². The van der Waals surface area contributed by atoms with Crippen molar-refractivity contribution in [2.75, 3.05) is 7.11 Å². The molecule has 0 saturated heterocycles. The molecule has 1 saturated carbocycles. The van der Waals surface area contributed by atoms with Crippen LogP contribution in [-0.4, -0.2) is 17.1 Å². The van der Waals surface area contributed by atoms with Gasteiger partial charge in [0.25, 0.3) is 5.56 Å². The summed E-state index contributed by atoms with van der Waals surface area (Å²) >= 11 is 0. The number of rotatable bonds is 2. The van der Waals surface area contributed by atoms with Crippen LogP contribution in [0.4, 0.5) is 0 Å². The maximum Gasteiger partial charge on any atom is 0.254 e. The smallest absolute Gasteiger partial charge is 0.254 e. The third-order valence-corrected chi connectivity index (χ3v) is 4.68. The fourth-order valence-corrected chi connectivity index (χ4v) is 3.49. The predicted molar refractivity (Wildman–Crippen MR) is 73.3 cm³/mol. The zero-order valence-electron chi connectivity index (χ0n) is 11.6. The van der Waals surface area contributed by atoms with Crippen molar-refractivity contribution in [2.45, 2.75) is 63.4 Å². The monoisotopic (exact) mass is 262 g/mol. The van der Waals surface area contributed by atoms with E-state index in [1.165, 1.54) is 12.8 Å². The molecule has 1 heterocycles. The highest BCUT2D eigenvalue weighted by Crippen LogP contribution is 2.37. The number of aryl methyl sites for hydroxylation is 1. The topological polar surface area (TPSA) is 55.0 Å². The molecule has 104 valence electrons. The van der Waals surface area contributed by atoms with Crippen molar-refractivity contribution in [3.05, 3.63) is 27.4 Å². The van der Waals surface area contributed by atoms with Gasteiger partial charge in [-0.3, -0.25) is 4.79 Å². The molecular weight excluding hydrogens is 240 g/mol. The summed E-state index contributed by atoms with van der Waals surface area (Å²) in [5.41, 5.74) is 1.58. The minimum atomic E-state index is -0.368. The molecule has 2 aliphatic carbocycles. The summed E-state index contributed by atoms with van der Waals surface area (Å²) in [6.45, 7) is 0. The second kappa shape index (κ2) is 5.08. The molecule has 0 radical (unpaired) electrons. The SMILES string of the molecule is COC1(c2nc3c(c(=O)[nH]2)CCC3)CCCCCC1. The number of aromatic amines is 1. The van der Waals surface area contributed by atoms with E-state index in [0.29, 0.717) is 0 Å². The standard InChI is InChI=1S/C15H22N2O2/c1-19-15(9-4-2-3-5-10-15)14-16-12-8-6-7-11(12)13(18)17-14/h2-10H2,1H3,(H,16,17,18). The van der Waals surface area contributed by atoms with Crippen molar-refractivity contribution < 1.29 is 4.74 Å². The summed E-state index contributed by atoms with van der Waals surface area (Å²) < 4.78 is 5.83. The lowest BCUT2D eigenvalue weighted by Gasteiger charge is -2.30. The van der Waals surface area contributed by atoms with Crippen LogP contribution in [0.3, 0.4) is 0 Å². The number of fused-ring (bicyclic) bond motifs is 1. The van der Waals surface area contributed by atoms with Crippen LogP contribution in [0.2, 0.25) is 0 Å². The Bertz CT molecular complexity index is 513. The van der Waals surface area contributed by atoms with E-state index in [0.717, 1.165) is 62.0 Å². The molecule has 19 heavy (non-hydrogen) atoms. The summed E-state index contributed by atoms with van der Waals surface area (Å²) in [5.74, 6) is 0.766. The largest absolute Gasteiger partial charge is 0.370 e. The molecule has 0 amide bonds. The third kappa shape index (κ3) is 2.22. The average Bonchev–Trinajstić information content (AvgIpc) is 2.76. The summed E-state index contributed by atoms with van der Waals surface area (Å²) in [4.78, 5) is 19.9. The molecule has 4 heteroatoms. The second-order valence-corrected chi connectivity index (χ2v) is 5.81. The molecule has 0 unspecified atom stereocenters. The first-order valence-electron chi connectivity index (χ1n) is 7.43. The summed E-state index contributed by atoms with van der Waals surface area (Å²) in [6.07, 6.45) is 9.58. The maximum absolute atomic E-state index is 12.2. The first kappa shape index (κ1) is 12.9. The van der Waals surface area contributed by atoms with Gasteiger partial charge in [-0.05, 0) is 32.1 Å². The molecule has 1 aromatic rings. The highest BCUT2D eigenvalue weighted by atomic mass is 16.5. The van der Waals surface area contributed by atoms with Crippen LogP contribution in [0.1, 0.15) is 62.0 Å². The van der Waals surface area contributed by atoms with Crippen LogP contribution in [0.25, 0.3) is 0 Å². The Hall–Kier alpha value is -1.16. The summed E-state index contributed by atoms with van der Waals surface area (Å²) in [7, 11) is 1.75. The summed E-state index contributed by atoms with van der Waals surface area (Å²) in [6, 6.07) is 0. The second-order valence-electron chi connectivity index (χ2n) is 5.81. The van der Waals surface area contributed by atoms with E-state index < -0.39 is 0 Å². The predicted octanol–water partition coefficient (Wildman–Crippen LogP) is 2.45. The molecule has 0 aromatic carbocycles. The molecule has 0 spiro atoms. The number of hydrogen-bond donors (Lipinski definition) is 1. The Morgan fingerprint density at radius 2 is 1.84 bits per heavy atom. The van der Waals surface area contributed by atoms with Crippen molar-refractivity contribution in [3.8, 4) is 0 Å². The van der Waals surface area contributed by atoms with E-state index in [9.17, 15) is 4.79 Å². The lowest BCUT2D eigenvalue weighted by Crippen LogP contribution is -2.33. The van der Waals surface area contributed by atoms with Crippen LogP contribution in [0, 0.1) is 0 Å². The highest BCUT2D eigenvalue weighted by molar-refractivity contribution is 5.24. The fourth-order valence-electron chi connectivity index (χ4n) is 3.49. The van der Waals surface area contributed by atoms with Crippen LogP contribution in [-0.2, 0) is 23.2 Å². The van der Waals surface area contributed by atoms with Crippen LogP contribution in [0.15, 0.2) is 4.79 Å². The van der Waals surface area contributed by atoms with Gasteiger partial charge in [-0.2, -0.15) is 0 Å². The van der Waals surface area contributed by atoms with Gasteiger partial charge in [-0.25, -0.2) is 4.98 Å². The van der Waals surface area contributed by atoms with Crippen LogP contribution in [0.5, 0.6) is 0 Å². The summed E-state index contributed by atoms with van der Waals surface area (Å²) in [5, 5.41) is 0. The Kier molecular flexibility index (Phi) is 3.44. The van der Waals surface area contributed by atoms with E-state index in [-0.39, 0.29) is 11.2 Å². The van der Waals surface area contributed by atoms with E-state index in [1.807, 2.05) is 0 Å². The van der Waals surface area contributed by atoms with E-state index in [2.05, 4.69) is 4.98 Å². The number of H-pyrrole nitrogens is 1. The van der Waals surface area contributed by atoms with Gasteiger partial charge in [0, 0.05) is 12.7 Å². The zero-order chi connectivity index (χ0) is 13.3. The lowest BCUT2D eigenvalue weighted by atomic mass is 9.93. The van der Waals surface area contributed by atoms with Gasteiger partial charge in [-0.15, -0.1) is 0 Å². The number of nitrogens with zero attached hydrogens (tertiary/aromatic N) is 1. The zero-order valence-corrected chi connectivity index (χ0v) is 11.6. The van der Waals surface area contributed by atoms with Crippen LogP contribution >= 0.6 is 0 Å². The molecule has 1 aromatic heterocycles.